The lowest BCUT2D eigenvalue weighted by molar-refractivity contribution is -0.245. The highest BCUT2D eigenvalue weighted by atomic mass is 19.4. The maximum absolute atomic E-state index is 13.2. The van der Waals surface area contributed by atoms with Crippen molar-refractivity contribution in [1.29, 1.82) is 5.26 Å². The number of rotatable bonds is 8. The van der Waals surface area contributed by atoms with Gasteiger partial charge in [-0.1, -0.05) is 54.6 Å². The third-order valence-corrected chi connectivity index (χ3v) is 6.72. The molecule has 0 aliphatic heterocycles. The lowest BCUT2D eigenvalue weighted by Crippen LogP contribution is -2.35. The summed E-state index contributed by atoms with van der Waals surface area (Å²) >= 11 is 0. The SMILES string of the molecule is CC#N.CC(C)N(CCCc1ccc(C2CC(C(F)(F)F)C(C(F)(F)F)C2)cc1)Cc1ccccc1. The highest BCUT2D eigenvalue weighted by molar-refractivity contribution is 5.27. The molecule has 1 saturated carbocycles. The summed E-state index contributed by atoms with van der Waals surface area (Å²) in [6.45, 7) is 7.50. The van der Waals surface area contributed by atoms with E-state index in [4.69, 9.17) is 5.26 Å². The third kappa shape index (κ3) is 8.85. The van der Waals surface area contributed by atoms with Gasteiger partial charge in [0, 0.05) is 19.5 Å². The monoisotopic (exact) mass is 512 g/mol. The first-order valence-electron chi connectivity index (χ1n) is 12.2. The van der Waals surface area contributed by atoms with Crippen LogP contribution in [0.25, 0.3) is 0 Å². The average Bonchev–Trinajstić information content (AvgIpc) is 3.27. The average molecular weight is 513 g/mol. The summed E-state index contributed by atoms with van der Waals surface area (Å²) < 4.78 is 79.1. The maximum Gasteiger partial charge on any atom is 0.392 e. The van der Waals surface area contributed by atoms with Crippen LogP contribution in [-0.2, 0) is 13.0 Å². The summed E-state index contributed by atoms with van der Waals surface area (Å²) in [7, 11) is 0. The standard InChI is InChI=1S/C26H31F6N.C2H3N/c1-18(2)33(17-20-7-4-3-5-8-20)14-6-9-19-10-12-21(13-11-19)22-15-23(25(27,28)29)24(16-22)26(30,31)32;1-2-3/h3-5,7-8,10-13,18,22-24H,6,9,14-17H2,1-2H3;1H3. The summed E-state index contributed by atoms with van der Waals surface area (Å²) in [4.78, 5) is 2.39. The summed E-state index contributed by atoms with van der Waals surface area (Å²) in [5, 5.41) is 7.32. The van der Waals surface area contributed by atoms with E-state index in [1.54, 1.807) is 18.2 Å². The van der Waals surface area contributed by atoms with E-state index in [2.05, 4.69) is 30.9 Å². The van der Waals surface area contributed by atoms with Gasteiger partial charge in [0.2, 0.25) is 0 Å². The van der Waals surface area contributed by atoms with Crippen molar-refractivity contribution in [1.82, 2.24) is 4.90 Å². The van der Waals surface area contributed by atoms with E-state index < -0.39 is 42.9 Å². The van der Waals surface area contributed by atoms with Crippen LogP contribution in [0.4, 0.5) is 26.3 Å². The molecule has 2 aromatic rings. The second-order valence-corrected chi connectivity index (χ2v) is 9.58. The highest BCUT2D eigenvalue weighted by Gasteiger charge is 2.59. The van der Waals surface area contributed by atoms with Crippen LogP contribution < -0.4 is 0 Å². The molecule has 0 spiro atoms. The van der Waals surface area contributed by atoms with Gasteiger partial charge in [-0.05, 0) is 68.7 Å². The van der Waals surface area contributed by atoms with Crippen molar-refractivity contribution in [2.45, 2.75) is 77.3 Å². The van der Waals surface area contributed by atoms with Crippen molar-refractivity contribution in [3.63, 3.8) is 0 Å². The van der Waals surface area contributed by atoms with E-state index in [9.17, 15) is 26.3 Å². The van der Waals surface area contributed by atoms with E-state index >= 15 is 0 Å². The van der Waals surface area contributed by atoms with Crippen LogP contribution >= 0.6 is 0 Å². The number of halogens is 6. The van der Waals surface area contributed by atoms with E-state index in [1.165, 1.54) is 12.5 Å². The second-order valence-electron chi connectivity index (χ2n) is 9.58. The highest BCUT2D eigenvalue weighted by Crippen LogP contribution is 2.54. The fraction of sp³-hybridized carbons (Fsp3) is 0.536. The molecular formula is C28H34F6N2. The van der Waals surface area contributed by atoms with E-state index in [1.807, 2.05) is 30.3 Å². The molecule has 1 aliphatic carbocycles. The Hall–Kier alpha value is -2.53. The Morgan fingerprint density at radius 1 is 0.861 bits per heavy atom. The zero-order valence-electron chi connectivity index (χ0n) is 20.9. The molecule has 198 valence electrons. The Bertz CT molecular complexity index is 923. The van der Waals surface area contributed by atoms with Gasteiger partial charge in [0.1, 0.15) is 0 Å². The van der Waals surface area contributed by atoms with Crippen molar-refractivity contribution in [2.75, 3.05) is 6.54 Å². The maximum atomic E-state index is 13.2. The zero-order valence-corrected chi connectivity index (χ0v) is 20.9. The molecule has 2 aromatic carbocycles. The van der Waals surface area contributed by atoms with Crippen LogP contribution in [-0.4, -0.2) is 29.8 Å². The van der Waals surface area contributed by atoms with Crippen LogP contribution in [0, 0.1) is 23.2 Å². The van der Waals surface area contributed by atoms with Crippen molar-refractivity contribution in [3.8, 4) is 6.07 Å². The number of hydrogen-bond donors (Lipinski definition) is 0. The van der Waals surface area contributed by atoms with Crippen LogP contribution in [0.2, 0.25) is 0 Å². The van der Waals surface area contributed by atoms with Gasteiger partial charge in [-0.15, -0.1) is 0 Å². The Morgan fingerprint density at radius 3 is 1.81 bits per heavy atom. The predicted octanol–water partition coefficient (Wildman–Crippen LogP) is 8.29. The lowest BCUT2D eigenvalue weighted by atomic mass is 9.94. The van der Waals surface area contributed by atoms with Crippen LogP contribution in [0.1, 0.15) is 62.6 Å². The topological polar surface area (TPSA) is 27.0 Å². The molecule has 2 atom stereocenters. The number of aryl methyl sites for hydroxylation is 1. The van der Waals surface area contributed by atoms with Gasteiger partial charge >= 0.3 is 12.4 Å². The molecule has 2 nitrogen and oxygen atoms in total. The Labute approximate surface area is 209 Å². The number of alkyl halides is 6. The fourth-order valence-electron chi connectivity index (χ4n) is 4.81. The van der Waals surface area contributed by atoms with Crippen molar-refractivity contribution in [3.05, 3.63) is 71.3 Å². The van der Waals surface area contributed by atoms with Crippen LogP contribution in [0.3, 0.4) is 0 Å². The Morgan fingerprint density at radius 2 is 1.36 bits per heavy atom. The molecule has 0 heterocycles. The van der Waals surface area contributed by atoms with Crippen molar-refractivity contribution in [2.24, 2.45) is 11.8 Å². The van der Waals surface area contributed by atoms with Crippen molar-refractivity contribution < 1.29 is 26.3 Å². The quantitative estimate of drug-likeness (QED) is 0.333. The van der Waals surface area contributed by atoms with Gasteiger partial charge in [-0.3, -0.25) is 4.90 Å². The molecule has 3 rings (SSSR count). The minimum atomic E-state index is -4.84. The lowest BCUT2D eigenvalue weighted by Gasteiger charge is -2.26. The third-order valence-electron chi connectivity index (χ3n) is 6.72. The molecule has 0 saturated heterocycles. The van der Waals surface area contributed by atoms with Gasteiger partial charge in [0.05, 0.1) is 17.9 Å². The summed E-state index contributed by atoms with van der Waals surface area (Å²) in [5.41, 5.74) is 2.86. The molecule has 0 aromatic heterocycles. The predicted molar refractivity (Wildman–Crippen MR) is 129 cm³/mol. The van der Waals surface area contributed by atoms with Crippen LogP contribution in [0.15, 0.2) is 54.6 Å². The summed E-state index contributed by atoms with van der Waals surface area (Å²) in [6, 6.07) is 19.5. The van der Waals surface area contributed by atoms with Crippen molar-refractivity contribution >= 4 is 0 Å². The smallest absolute Gasteiger partial charge is 0.297 e. The number of nitriles is 1. The van der Waals surface area contributed by atoms with Gasteiger partial charge in [0.25, 0.3) is 0 Å². The molecule has 2 unspecified atom stereocenters. The van der Waals surface area contributed by atoms with E-state index in [-0.39, 0.29) is 0 Å². The summed E-state index contributed by atoms with van der Waals surface area (Å²) in [5.74, 6) is -5.37. The fourth-order valence-corrected chi connectivity index (χ4v) is 4.81. The zero-order chi connectivity index (χ0) is 26.9. The summed E-state index contributed by atoms with van der Waals surface area (Å²) in [6.07, 6.45) is -8.96. The molecule has 8 heteroatoms. The van der Waals surface area contributed by atoms with Crippen LogP contribution in [0.5, 0.6) is 0 Å². The normalized spacial score (nSPS) is 20.2. The molecular weight excluding hydrogens is 478 g/mol. The second kappa shape index (κ2) is 13.1. The first-order valence-corrected chi connectivity index (χ1v) is 12.2. The Kier molecular flexibility index (Phi) is 10.8. The largest absolute Gasteiger partial charge is 0.392 e. The first kappa shape index (κ1) is 29.7. The molecule has 0 bridgehead atoms. The molecule has 0 radical (unpaired) electrons. The van der Waals surface area contributed by atoms with Gasteiger partial charge in [0.15, 0.2) is 0 Å². The first-order chi connectivity index (χ1) is 16.9. The molecule has 36 heavy (non-hydrogen) atoms. The number of nitrogens with zero attached hydrogens (tertiary/aromatic N) is 2. The number of hydrogen-bond acceptors (Lipinski definition) is 2. The van der Waals surface area contributed by atoms with Gasteiger partial charge in [-0.2, -0.15) is 31.6 Å². The Balaban J connectivity index is 0.00000145. The van der Waals surface area contributed by atoms with E-state index in [0.29, 0.717) is 11.6 Å². The van der Waals surface area contributed by atoms with E-state index in [0.717, 1.165) is 31.5 Å². The molecule has 0 amide bonds. The molecule has 0 N–H and O–H groups in total. The van der Waals surface area contributed by atoms with Gasteiger partial charge in [-0.25, -0.2) is 0 Å². The molecule has 1 aliphatic rings. The molecule has 1 fully saturated rings. The number of benzene rings is 2. The minimum absolute atomic E-state index is 0.387. The van der Waals surface area contributed by atoms with Gasteiger partial charge < -0.3 is 0 Å². The minimum Gasteiger partial charge on any atom is -0.297 e.